The lowest BCUT2D eigenvalue weighted by molar-refractivity contribution is 0.0179. The SMILES string of the molecule is CCNC(=NCC(c1ccc(OC)c(OC)c1)N1CCOCC1)NCCCSC.I. The van der Waals surface area contributed by atoms with Crippen LogP contribution in [0.4, 0.5) is 0 Å². The molecule has 1 fully saturated rings. The number of halogens is 1. The molecule has 1 saturated heterocycles. The topological polar surface area (TPSA) is 67.4 Å². The van der Waals surface area contributed by atoms with Gasteiger partial charge in [-0.3, -0.25) is 9.89 Å². The molecule has 1 heterocycles. The van der Waals surface area contributed by atoms with Crippen molar-refractivity contribution in [3.63, 3.8) is 0 Å². The van der Waals surface area contributed by atoms with Gasteiger partial charge < -0.3 is 24.8 Å². The van der Waals surface area contributed by atoms with Gasteiger partial charge in [0, 0.05) is 26.2 Å². The molecule has 1 aliphatic heterocycles. The number of rotatable bonds is 11. The first kappa shape index (κ1) is 27.1. The second-order valence-corrected chi connectivity index (χ2v) is 7.76. The van der Waals surface area contributed by atoms with Gasteiger partial charge in [-0.25, -0.2) is 0 Å². The minimum Gasteiger partial charge on any atom is -0.493 e. The average molecular weight is 553 g/mol. The number of nitrogens with one attached hydrogen (secondary N) is 2. The fourth-order valence-electron chi connectivity index (χ4n) is 3.32. The highest BCUT2D eigenvalue weighted by atomic mass is 127. The number of hydrogen-bond donors (Lipinski definition) is 2. The Morgan fingerprint density at radius 1 is 1.20 bits per heavy atom. The maximum atomic E-state index is 5.56. The summed E-state index contributed by atoms with van der Waals surface area (Å²) in [6.07, 6.45) is 3.25. The maximum absolute atomic E-state index is 5.56. The standard InChI is InChI=1S/C21H36N4O3S.HI/c1-5-22-21(23-9-6-14-29-4)24-16-18(25-10-12-28-13-11-25)17-7-8-19(26-2)20(15-17)27-3;/h7-8,15,18H,5-6,9-14,16H2,1-4H3,(H2,22,23,24);1H. The van der Waals surface area contributed by atoms with Crippen molar-refractivity contribution in [1.82, 2.24) is 15.5 Å². The summed E-state index contributed by atoms with van der Waals surface area (Å²) in [4.78, 5) is 7.33. The predicted octanol–water partition coefficient (Wildman–Crippen LogP) is 3.00. The van der Waals surface area contributed by atoms with E-state index in [1.54, 1.807) is 14.2 Å². The number of morpholine rings is 1. The van der Waals surface area contributed by atoms with Crippen molar-refractivity contribution >= 4 is 41.7 Å². The molecule has 0 spiro atoms. The summed E-state index contributed by atoms with van der Waals surface area (Å²) in [6, 6.07) is 6.29. The van der Waals surface area contributed by atoms with E-state index in [0.29, 0.717) is 6.54 Å². The third-order valence-electron chi connectivity index (χ3n) is 4.86. The van der Waals surface area contributed by atoms with Crippen LogP contribution in [0.5, 0.6) is 11.5 Å². The summed E-state index contributed by atoms with van der Waals surface area (Å²) in [6.45, 7) is 7.80. The van der Waals surface area contributed by atoms with E-state index in [-0.39, 0.29) is 30.0 Å². The molecule has 2 N–H and O–H groups in total. The van der Waals surface area contributed by atoms with Crippen LogP contribution in [0.15, 0.2) is 23.2 Å². The van der Waals surface area contributed by atoms with Crippen molar-refractivity contribution in [2.75, 3.05) is 72.2 Å². The molecule has 2 rings (SSSR count). The van der Waals surface area contributed by atoms with Crippen molar-refractivity contribution in [3.8, 4) is 11.5 Å². The molecule has 0 aromatic heterocycles. The number of nitrogens with zero attached hydrogens (tertiary/aromatic N) is 2. The first-order valence-electron chi connectivity index (χ1n) is 10.3. The third kappa shape index (κ3) is 8.68. The number of aliphatic imine (C=N–C) groups is 1. The van der Waals surface area contributed by atoms with Gasteiger partial charge in [-0.15, -0.1) is 24.0 Å². The van der Waals surface area contributed by atoms with Gasteiger partial charge in [-0.2, -0.15) is 11.8 Å². The van der Waals surface area contributed by atoms with Gasteiger partial charge in [-0.1, -0.05) is 6.07 Å². The highest BCUT2D eigenvalue weighted by Gasteiger charge is 2.24. The summed E-state index contributed by atoms with van der Waals surface area (Å²) in [5, 5.41) is 6.80. The molecular formula is C21H37IN4O3S. The normalized spacial score (nSPS) is 15.8. The Balaban J connectivity index is 0.00000450. The van der Waals surface area contributed by atoms with E-state index >= 15 is 0 Å². The molecule has 7 nitrogen and oxygen atoms in total. The van der Waals surface area contributed by atoms with E-state index in [1.165, 1.54) is 5.56 Å². The highest BCUT2D eigenvalue weighted by Crippen LogP contribution is 2.32. The largest absolute Gasteiger partial charge is 0.493 e. The maximum Gasteiger partial charge on any atom is 0.191 e. The Morgan fingerprint density at radius 3 is 2.57 bits per heavy atom. The molecule has 1 aliphatic rings. The summed E-state index contributed by atoms with van der Waals surface area (Å²) >= 11 is 1.87. The molecule has 0 radical (unpaired) electrons. The molecule has 9 heteroatoms. The molecule has 1 aromatic rings. The van der Waals surface area contributed by atoms with Crippen LogP contribution in [0.1, 0.15) is 24.9 Å². The predicted molar refractivity (Wildman–Crippen MR) is 137 cm³/mol. The van der Waals surface area contributed by atoms with Crippen molar-refractivity contribution < 1.29 is 14.2 Å². The van der Waals surface area contributed by atoms with Crippen molar-refractivity contribution in [2.45, 2.75) is 19.4 Å². The van der Waals surface area contributed by atoms with E-state index in [1.807, 2.05) is 17.8 Å². The highest BCUT2D eigenvalue weighted by molar-refractivity contribution is 14.0. The molecule has 0 bridgehead atoms. The van der Waals surface area contributed by atoms with Crippen LogP contribution in [-0.4, -0.2) is 83.0 Å². The van der Waals surface area contributed by atoms with Gasteiger partial charge in [0.2, 0.25) is 0 Å². The number of methoxy groups -OCH3 is 2. The molecular weight excluding hydrogens is 515 g/mol. The van der Waals surface area contributed by atoms with Crippen LogP contribution >= 0.6 is 35.7 Å². The van der Waals surface area contributed by atoms with Crippen LogP contribution < -0.4 is 20.1 Å². The Bertz CT molecular complexity index is 630. The molecule has 0 saturated carbocycles. The van der Waals surface area contributed by atoms with E-state index in [0.717, 1.165) is 69.0 Å². The Kier molecular flexibility index (Phi) is 14.3. The number of guanidine groups is 1. The zero-order valence-electron chi connectivity index (χ0n) is 18.6. The molecule has 172 valence electrons. The van der Waals surface area contributed by atoms with E-state index in [9.17, 15) is 0 Å². The van der Waals surface area contributed by atoms with Gasteiger partial charge in [-0.05, 0) is 43.0 Å². The molecule has 1 unspecified atom stereocenters. The zero-order valence-corrected chi connectivity index (χ0v) is 21.8. The summed E-state index contributed by atoms with van der Waals surface area (Å²) < 4.78 is 16.5. The van der Waals surface area contributed by atoms with Crippen LogP contribution in [0.3, 0.4) is 0 Å². The van der Waals surface area contributed by atoms with Gasteiger partial charge in [0.25, 0.3) is 0 Å². The molecule has 0 aliphatic carbocycles. The second-order valence-electron chi connectivity index (χ2n) is 6.77. The quantitative estimate of drug-likeness (QED) is 0.189. The second kappa shape index (κ2) is 15.8. The average Bonchev–Trinajstić information content (AvgIpc) is 2.77. The van der Waals surface area contributed by atoms with Crippen LogP contribution in [0.25, 0.3) is 0 Å². The van der Waals surface area contributed by atoms with E-state index in [2.05, 4.69) is 40.8 Å². The number of thioether (sulfide) groups is 1. The van der Waals surface area contributed by atoms with Crippen molar-refractivity contribution in [1.29, 1.82) is 0 Å². The first-order valence-corrected chi connectivity index (χ1v) is 11.7. The fourth-order valence-corrected chi connectivity index (χ4v) is 3.76. The van der Waals surface area contributed by atoms with Crippen molar-refractivity contribution in [2.24, 2.45) is 4.99 Å². The minimum absolute atomic E-state index is 0. The first-order chi connectivity index (χ1) is 14.2. The Labute approximate surface area is 202 Å². The monoisotopic (exact) mass is 552 g/mol. The van der Waals surface area contributed by atoms with E-state index < -0.39 is 0 Å². The van der Waals surface area contributed by atoms with Crippen molar-refractivity contribution in [3.05, 3.63) is 23.8 Å². The fraction of sp³-hybridized carbons (Fsp3) is 0.667. The molecule has 1 aromatic carbocycles. The van der Waals surface area contributed by atoms with Crippen LogP contribution in [-0.2, 0) is 4.74 Å². The zero-order chi connectivity index (χ0) is 20.9. The Morgan fingerprint density at radius 2 is 1.93 bits per heavy atom. The number of ether oxygens (including phenoxy) is 3. The molecule has 30 heavy (non-hydrogen) atoms. The third-order valence-corrected chi connectivity index (χ3v) is 5.56. The number of benzene rings is 1. The summed E-state index contributed by atoms with van der Waals surface area (Å²) in [5.41, 5.74) is 1.17. The smallest absolute Gasteiger partial charge is 0.191 e. The van der Waals surface area contributed by atoms with Gasteiger partial charge in [0.1, 0.15) is 0 Å². The summed E-state index contributed by atoms with van der Waals surface area (Å²) in [7, 11) is 3.33. The Hall–Kier alpha value is -0.910. The number of hydrogen-bond acceptors (Lipinski definition) is 6. The lowest BCUT2D eigenvalue weighted by Gasteiger charge is -2.34. The van der Waals surface area contributed by atoms with Gasteiger partial charge in [0.15, 0.2) is 17.5 Å². The molecule has 1 atom stereocenters. The van der Waals surface area contributed by atoms with Gasteiger partial charge >= 0.3 is 0 Å². The lowest BCUT2D eigenvalue weighted by Crippen LogP contribution is -2.42. The van der Waals surface area contributed by atoms with Gasteiger partial charge in [0.05, 0.1) is 40.0 Å². The summed E-state index contributed by atoms with van der Waals surface area (Å²) in [5.74, 6) is 3.50. The lowest BCUT2D eigenvalue weighted by atomic mass is 10.0. The minimum atomic E-state index is 0. The van der Waals surface area contributed by atoms with E-state index in [4.69, 9.17) is 19.2 Å². The van der Waals surface area contributed by atoms with Crippen LogP contribution in [0, 0.1) is 0 Å². The van der Waals surface area contributed by atoms with Crippen LogP contribution in [0.2, 0.25) is 0 Å². The molecule has 0 amide bonds.